The minimum Gasteiger partial charge on any atom is -0.394 e. The molecule has 17 heavy (non-hydrogen) atoms. The van der Waals surface area contributed by atoms with E-state index in [0.717, 1.165) is 16.8 Å². The van der Waals surface area contributed by atoms with E-state index in [1.807, 2.05) is 4.98 Å². The van der Waals surface area contributed by atoms with Crippen molar-refractivity contribution < 1.29 is 19.3 Å². The highest BCUT2D eigenvalue weighted by atomic mass is 19.1. The van der Waals surface area contributed by atoms with Gasteiger partial charge in [0.25, 0.3) is 5.56 Å². The summed E-state index contributed by atoms with van der Waals surface area (Å²) >= 11 is 0. The second kappa shape index (κ2) is 4.40. The molecule has 1 aromatic heterocycles. The maximum Gasteiger partial charge on any atom is 0.330 e. The highest BCUT2D eigenvalue weighted by Gasteiger charge is 2.45. The summed E-state index contributed by atoms with van der Waals surface area (Å²) in [5, 5.41) is 18.2. The van der Waals surface area contributed by atoms with Gasteiger partial charge in [-0.2, -0.15) is 0 Å². The van der Waals surface area contributed by atoms with Gasteiger partial charge in [0.2, 0.25) is 0 Å². The number of aromatic amines is 1. The Balaban J connectivity index is 2.35. The van der Waals surface area contributed by atoms with E-state index >= 15 is 0 Å². The Bertz CT molecular complexity index is 513. The van der Waals surface area contributed by atoms with Crippen molar-refractivity contribution in [2.24, 2.45) is 0 Å². The maximum atomic E-state index is 13.6. The molecule has 0 unspecified atom stereocenters. The van der Waals surface area contributed by atoms with Crippen LogP contribution >= 0.6 is 0 Å². The molecule has 94 valence electrons. The first-order chi connectivity index (χ1) is 8.04. The van der Waals surface area contributed by atoms with Gasteiger partial charge in [-0.3, -0.25) is 14.3 Å². The summed E-state index contributed by atoms with van der Waals surface area (Å²) in [6, 6.07) is 1.04. The molecule has 1 aliphatic rings. The molecule has 0 aromatic carbocycles. The molecule has 4 atom stereocenters. The van der Waals surface area contributed by atoms with E-state index in [2.05, 4.69) is 0 Å². The molecule has 1 saturated heterocycles. The number of nitrogens with one attached hydrogen (secondary N) is 1. The van der Waals surface area contributed by atoms with Crippen molar-refractivity contribution in [1.82, 2.24) is 9.55 Å². The minimum absolute atomic E-state index is 0.559. The number of aromatic nitrogens is 2. The van der Waals surface area contributed by atoms with Crippen LogP contribution < -0.4 is 11.2 Å². The second-order valence-corrected chi connectivity index (χ2v) is 3.70. The predicted molar refractivity (Wildman–Crippen MR) is 53.2 cm³/mol. The first-order valence-electron chi connectivity index (χ1n) is 4.94. The van der Waals surface area contributed by atoms with Crippen molar-refractivity contribution in [2.75, 3.05) is 6.61 Å². The molecule has 0 saturated carbocycles. The van der Waals surface area contributed by atoms with Crippen LogP contribution in [0.25, 0.3) is 0 Å². The highest BCUT2D eigenvalue weighted by molar-refractivity contribution is 4.93. The Hall–Kier alpha value is -1.51. The summed E-state index contributed by atoms with van der Waals surface area (Å²) in [6.07, 6.45) is -4.73. The predicted octanol–water partition coefficient (Wildman–Crippen LogP) is -1.87. The van der Waals surface area contributed by atoms with Gasteiger partial charge >= 0.3 is 5.69 Å². The molecule has 0 spiro atoms. The Kier molecular flexibility index (Phi) is 3.09. The van der Waals surface area contributed by atoms with Crippen LogP contribution in [-0.4, -0.2) is 44.8 Å². The zero-order chi connectivity index (χ0) is 12.6. The molecule has 0 aliphatic carbocycles. The summed E-state index contributed by atoms with van der Waals surface area (Å²) in [5.41, 5.74) is -1.45. The lowest BCUT2D eigenvalue weighted by atomic mass is 10.1. The van der Waals surface area contributed by atoms with Crippen molar-refractivity contribution in [1.29, 1.82) is 0 Å². The lowest BCUT2D eigenvalue weighted by molar-refractivity contribution is -0.0491. The van der Waals surface area contributed by atoms with Gasteiger partial charge in [0.1, 0.15) is 12.2 Å². The molecule has 1 fully saturated rings. The van der Waals surface area contributed by atoms with E-state index in [-0.39, 0.29) is 0 Å². The Morgan fingerprint density at radius 2 is 2.24 bits per heavy atom. The smallest absolute Gasteiger partial charge is 0.330 e. The number of ether oxygens (including phenoxy) is 1. The number of hydrogen-bond donors (Lipinski definition) is 3. The van der Waals surface area contributed by atoms with Crippen molar-refractivity contribution in [3.8, 4) is 0 Å². The minimum atomic E-state index is -1.85. The number of H-pyrrole nitrogens is 1. The van der Waals surface area contributed by atoms with E-state index in [4.69, 9.17) is 9.84 Å². The van der Waals surface area contributed by atoms with Crippen LogP contribution in [0.4, 0.5) is 4.39 Å². The molecule has 1 aromatic rings. The molecule has 2 heterocycles. The molecule has 0 radical (unpaired) electrons. The van der Waals surface area contributed by atoms with Crippen LogP contribution in [0.2, 0.25) is 0 Å². The molecule has 0 bridgehead atoms. The normalized spacial score (nSPS) is 32.9. The summed E-state index contributed by atoms with van der Waals surface area (Å²) in [5.74, 6) is 0. The SMILES string of the molecule is O=c1ccn([C@H]2O[C@H](CO)[C@H](O)[C@H]2F)c(=O)[nH]1. The number of rotatable bonds is 2. The zero-order valence-corrected chi connectivity index (χ0v) is 8.62. The summed E-state index contributed by atoms with van der Waals surface area (Å²) in [4.78, 5) is 24.2. The number of alkyl halides is 1. The van der Waals surface area contributed by atoms with Crippen molar-refractivity contribution in [3.63, 3.8) is 0 Å². The van der Waals surface area contributed by atoms with Gasteiger partial charge in [-0.05, 0) is 0 Å². The first kappa shape index (κ1) is 12.0. The lowest BCUT2D eigenvalue weighted by Crippen LogP contribution is -2.35. The maximum absolute atomic E-state index is 13.6. The number of halogens is 1. The third-order valence-electron chi connectivity index (χ3n) is 2.60. The largest absolute Gasteiger partial charge is 0.394 e. The van der Waals surface area contributed by atoms with E-state index in [0.29, 0.717) is 0 Å². The second-order valence-electron chi connectivity index (χ2n) is 3.70. The Morgan fingerprint density at radius 1 is 1.53 bits per heavy atom. The van der Waals surface area contributed by atoms with Gasteiger partial charge in [-0.25, -0.2) is 9.18 Å². The summed E-state index contributed by atoms with van der Waals surface area (Å²) in [7, 11) is 0. The van der Waals surface area contributed by atoms with Crippen LogP contribution in [0.5, 0.6) is 0 Å². The van der Waals surface area contributed by atoms with Crippen LogP contribution in [0.1, 0.15) is 6.23 Å². The zero-order valence-electron chi connectivity index (χ0n) is 8.62. The van der Waals surface area contributed by atoms with E-state index < -0.39 is 42.5 Å². The molecule has 1 aliphatic heterocycles. The Morgan fingerprint density at radius 3 is 2.76 bits per heavy atom. The fourth-order valence-electron chi connectivity index (χ4n) is 1.71. The Labute approximate surface area is 94.1 Å². The monoisotopic (exact) mass is 246 g/mol. The first-order valence-corrected chi connectivity index (χ1v) is 4.94. The molecule has 8 heteroatoms. The van der Waals surface area contributed by atoms with Crippen LogP contribution in [-0.2, 0) is 4.74 Å². The van der Waals surface area contributed by atoms with Crippen molar-refractivity contribution >= 4 is 0 Å². The number of nitrogens with zero attached hydrogens (tertiary/aromatic N) is 1. The number of hydrogen-bond acceptors (Lipinski definition) is 5. The summed E-state index contributed by atoms with van der Waals surface area (Å²) in [6.45, 7) is -0.559. The molecule has 2 rings (SSSR count). The van der Waals surface area contributed by atoms with Crippen LogP contribution in [0, 0.1) is 0 Å². The van der Waals surface area contributed by atoms with Gasteiger partial charge in [-0.15, -0.1) is 0 Å². The van der Waals surface area contributed by atoms with E-state index in [9.17, 15) is 19.1 Å². The van der Waals surface area contributed by atoms with E-state index in [1.54, 1.807) is 0 Å². The van der Waals surface area contributed by atoms with Crippen LogP contribution in [0.3, 0.4) is 0 Å². The van der Waals surface area contributed by atoms with Gasteiger partial charge in [0.15, 0.2) is 12.4 Å². The number of aliphatic hydroxyl groups excluding tert-OH is 2. The standard InChI is InChI=1S/C9H11FN2O5/c10-6-7(15)4(3-13)17-8(6)12-2-1-5(14)11-9(12)16/h1-2,4,6-8,13,15H,3H2,(H,11,14,16)/t4-,6-,7+,8+/m1/s1. The van der Waals surface area contributed by atoms with Crippen molar-refractivity contribution in [2.45, 2.75) is 24.6 Å². The van der Waals surface area contributed by atoms with Gasteiger partial charge in [0.05, 0.1) is 6.61 Å². The fraction of sp³-hybridized carbons (Fsp3) is 0.556. The molecule has 3 N–H and O–H groups in total. The molecular formula is C9H11FN2O5. The third-order valence-corrected chi connectivity index (χ3v) is 2.60. The quantitative estimate of drug-likeness (QED) is 0.567. The lowest BCUT2D eigenvalue weighted by Gasteiger charge is -2.15. The number of aliphatic hydroxyl groups is 2. The molecule has 0 amide bonds. The van der Waals surface area contributed by atoms with Gasteiger partial charge < -0.3 is 14.9 Å². The van der Waals surface area contributed by atoms with Gasteiger partial charge in [0, 0.05) is 12.3 Å². The fourth-order valence-corrected chi connectivity index (χ4v) is 1.71. The third kappa shape index (κ3) is 2.02. The molecule has 7 nitrogen and oxygen atoms in total. The van der Waals surface area contributed by atoms with Crippen molar-refractivity contribution in [3.05, 3.63) is 33.1 Å². The topological polar surface area (TPSA) is 105 Å². The summed E-state index contributed by atoms with van der Waals surface area (Å²) < 4.78 is 19.5. The molecular weight excluding hydrogens is 235 g/mol. The average molecular weight is 246 g/mol. The highest BCUT2D eigenvalue weighted by Crippen LogP contribution is 2.30. The van der Waals surface area contributed by atoms with E-state index in [1.165, 1.54) is 0 Å². The average Bonchev–Trinajstić information content (AvgIpc) is 2.57. The van der Waals surface area contributed by atoms with Gasteiger partial charge in [-0.1, -0.05) is 0 Å². The van der Waals surface area contributed by atoms with Crippen LogP contribution in [0.15, 0.2) is 21.9 Å².